The highest BCUT2D eigenvalue weighted by Gasteiger charge is 2.27. The van der Waals surface area contributed by atoms with Crippen molar-refractivity contribution in [1.29, 1.82) is 0 Å². The highest BCUT2D eigenvalue weighted by molar-refractivity contribution is 7.10. The van der Waals surface area contributed by atoms with Crippen molar-refractivity contribution in [2.24, 2.45) is 5.73 Å². The van der Waals surface area contributed by atoms with E-state index in [0.29, 0.717) is 18.7 Å². The molecular formula is C13H18N4OS2. The Morgan fingerprint density at radius 1 is 1.35 bits per heavy atom. The van der Waals surface area contributed by atoms with E-state index in [0.717, 1.165) is 15.7 Å². The van der Waals surface area contributed by atoms with Gasteiger partial charge < -0.3 is 11.1 Å². The number of nitrogens with one attached hydrogen (secondary N) is 1. The average molecular weight is 310 g/mol. The molecule has 0 bridgehead atoms. The molecule has 108 valence electrons. The van der Waals surface area contributed by atoms with Crippen molar-refractivity contribution in [2.45, 2.75) is 32.7 Å². The van der Waals surface area contributed by atoms with Crippen LogP contribution in [0.3, 0.4) is 0 Å². The lowest BCUT2D eigenvalue weighted by Gasteiger charge is -2.23. The van der Waals surface area contributed by atoms with Crippen LogP contribution in [0.2, 0.25) is 0 Å². The first kappa shape index (κ1) is 15.1. The van der Waals surface area contributed by atoms with Crippen molar-refractivity contribution >= 4 is 28.6 Å². The van der Waals surface area contributed by atoms with Crippen LogP contribution in [-0.4, -0.2) is 22.4 Å². The van der Waals surface area contributed by atoms with E-state index in [4.69, 9.17) is 5.73 Å². The van der Waals surface area contributed by atoms with Crippen LogP contribution in [0.15, 0.2) is 10.8 Å². The second-order valence-electron chi connectivity index (χ2n) is 5.04. The summed E-state index contributed by atoms with van der Waals surface area (Å²) in [5.74, 6) is -0.178. The molecule has 3 N–H and O–H groups in total. The van der Waals surface area contributed by atoms with E-state index in [9.17, 15) is 4.79 Å². The maximum atomic E-state index is 12.2. The Bertz CT molecular complexity index is 603. The van der Waals surface area contributed by atoms with Gasteiger partial charge in [-0.25, -0.2) is 9.97 Å². The molecule has 20 heavy (non-hydrogen) atoms. The van der Waals surface area contributed by atoms with Gasteiger partial charge in [-0.1, -0.05) is 0 Å². The van der Waals surface area contributed by atoms with E-state index in [1.807, 2.05) is 26.2 Å². The minimum Gasteiger partial charge on any atom is -0.339 e. The van der Waals surface area contributed by atoms with Gasteiger partial charge >= 0.3 is 0 Å². The van der Waals surface area contributed by atoms with Gasteiger partial charge in [-0.15, -0.1) is 22.7 Å². The first-order chi connectivity index (χ1) is 9.42. The number of hydrogen-bond acceptors (Lipinski definition) is 6. The zero-order valence-corrected chi connectivity index (χ0v) is 13.4. The molecule has 0 unspecified atom stereocenters. The lowest BCUT2D eigenvalue weighted by molar-refractivity contribution is 0.0907. The van der Waals surface area contributed by atoms with Gasteiger partial charge in [-0.05, 0) is 27.3 Å². The first-order valence-corrected chi connectivity index (χ1v) is 8.08. The van der Waals surface area contributed by atoms with Gasteiger partial charge in [0.2, 0.25) is 0 Å². The van der Waals surface area contributed by atoms with E-state index >= 15 is 0 Å². The van der Waals surface area contributed by atoms with Crippen LogP contribution in [0.1, 0.15) is 40.0 Å². The van der Waals surface area contributed by atoms with Crippen molar-refractivity contribution in [3.05, 3.63) is 32.2 Å². The van der Waals surface area contributed by atoms with E-state index in [1.54, 1.807) is 16.7 Å². The molecule has 0 aliphatic carbocycles. The number of amides is 1. The zero-order chi connectivity index (χ0) is 14.8. The predicted octanol–water partition coefficient (Wildman–Crippen LogP) is 2.07. The first-order valence-electron chi connectivity index (χ1n) is 6.32. The smallest absolute Gasteiger partial charge is 0.271 e. The Hall–Kier alpha value is -1.31. The summed E-state index contributed by atoms with van der Waals surface area (Å²) >= 11 is 3.01. The Morgan fingerprint density at radius 3 is 2.70 bits per heavy atom. The summed E-state index contributed by atoms with van der Waals surface area (Å²) < 4.78 is 0. The van der Waals surface area contributed by atoms with Crippen molar-refractivity contribution in [2.75, 3.05) is 6.54 Å². The third-order valence-electron chi connectivity index (χ3n) is 2.72. The molecule has 0 fully saturated rings. The van der Waals surface area contributed by atoms with Crippen LogP contribution in [0.25, 0.3) is 0 Å². The Morgan fingerprint density at radius 2 is 2.10 bits per heavy atom. The highest BCUT2D eigenvalue weighted by Crippen LogP contribution is 2.24. The highest BCUT2D eigenvalue weighted by atomic mass is 32.1. The summed E-state index contributed by atoms with van der Waals surface area (Å²) in [5.41, 5.74) is 6.39. The van der Waals surface area contributed by atoms with Gasteiger partial charge in [0.1, 0.15) is 10.7 Å². The van der Waals surface area contributed by atoms with Crippen molar-refractivity contribution in [1.82, 2.24) is 15.3 Å². The van der Waals surface area contributed by atoms with Crippen molar-refractivity contribution < 1.29 is 4.79 Å². The van der Waals surface area contributed by atoms with Crippen LogP contribution in [0.5, 0.6) is 0 Å². The standard InChI is InChI=1S/C13H18N4OS2/c1-8-6-20-12(15-8)13(2,3)17-11(18)9-7-19-10(16-9)4-5-14/h6-7H,4-5,14H2,1-3H3,(H,17,18). The SMILES string of the molecule is Cc1csc(C(C)(C)NC(=O)c2csc(CCN)n2)n1. The van der Waals surface area contributed by atoms with Gasteiger partial charge in [0.15, 0.2) is 0 Å². The third kappa shape index (κ3) is 3.41. The lowest BCUT2D eigenvalue weighted by Crippen LogP contribution is -2.41. The number of rotatable bonds is 5. The maximum Gasteiger partial charge on any atom is 0.271 e. The lowest BCUT2D eigenvalue weighted by atomic mass is 10.1. The molecule has 2 aromatic heterocycles. The van der Waals surface area contributed by atoms with Crippen LogP contribution >= 0.6 is 22.7 Å². The quantitative estimate of drug-likeness (QED) is 0.886. The van der Waals surface area contributed by atoms with Crippen LogP contribution in [-0.2, 0) is 12.0 Å². The maximum absolute atomic E-state index is 12.2. The van der Waals surface area contributed by atoms with Gasteiger partial charge in [-0.2, -0.15) is 0 Å². The van der Waals surface area contributed by atoms with Crippen LogP contribution in [0.4, 0.5) is 0 Å². The molecule has 5 nitrogen and oxygen atoms in total. The van der Waals surface area contributed by atoms with Gasteiger partial charge in [0.25, 0.3) is 5.91 Å². The van der Waals surface area contributed by atoms with Crippen LogP contribution in [0, 0.1) is 6.92 Å². The third-order valence-corrected chi connectivity index (χ3v) is 4.91. The summed E-state index contributed by atoms with van der Waals surface area (Å²) in [5, 5.41) is 8.50. The molecule has 1 amide bonds. The fraction of sp³-hybridized carbons (Fsp3) is 0.462. The number of carbonyl (C=O) groups excluding carboxylic acids is 1. The number of nitrogens with two attached hydrogens (primary N) is 1. The van der Waals surface area contributed by atoms with Crippen LogP contribution < -0.4 is 11.1 Å². The fourth-order valence-electron chi connectivity index (χ4n) is 1.70. The Balaban J connectivity index is 2.09. The van der Waals surface area contributed by atoms with E-state index in [2.05, 4.69) is 15.3 Å². The minimum atomic E-state index is -0.506. The van der Waals surface area contributed by atoms with E-state index < -0.39 is 5.54 Å². The topological polar surface area (TPSA) is 80.9 Å². The van der Waals surface area contributed by atoms with Crippen molar-refractivity contribution in [3.63, 3.8) is 0 Å². The van der Waals surface area contributed by atoms with Gasteiger partial charge in [0, 0.05) is 22.9 Å². The van der Waals surface area contributed by atoms with Gasteiger partial charge in [0.05, 0.1) is 10.5 Å². The van der Waals surface area contributed by atoms with E-state index in [-0.39, 0.29) is 5.91 Å². The number of aryl methyl sites for hydroxylation is 1. The molecule has 0 radical (unpaired) electrons. The normalized spacial score (nSPS) is 11.6. The molecule has 0 saturated carbocycles. The van der Waals surface area contributed by atoms with Gasteiger partial charge in [-0.3, -0.25) is 4.79 Å². The minimum absolute atomic E-state index is 0.178. The second-order valence-corrected chi connectivity index (χ2v) is 6.84. The Kier molecular flexibility index (Phi) is 4.52. The molecule has 2 heterocycles. The summed E-state index contributed by atoms with van der Waals surface area (Å²) in [6, 6.07) is 0. The largest absolute Gasteiger partial charge is 0.339 e. The Labute approximate surface area is 126 Å². The zero-order valence-electron chi connectivity index (χ0n) is 11.8. The van der Waals surface area contributed by atoms with Crippen molar-refractivity contribution in [3.8, 4) is 0 Å². The molecular weight excluding hydrogens is 292 g/mol. The second kappa shape index (κ2) is 5.99. The number of thiazole rings is 2. The summed E-state index contributed by atoms with van der Waals surface area (Å²) in [6.07, 6.45) is 0.701. The number of aromatic nitrogens is 2. The summed E-state index contributed by atoms with van der Waals surface area (Å²) in [7, 11) is 0. The monoisotopic (exact) mass is 310 g/mol. The molecule has 2 rings (SSSR count). The summed E-state index contributed by atoms with van der Waals surface area (Å²) in [4.78, 5) is 21.0. The molecule has 2 aromatic rings. The predicted molar refractivity (Wildman–Crippen MR) is 82.2 cm³/mol. The fourth-order valence-corrected chi connectivity index (χ4v) is 3.37. The number of carbonyl (C=O) groups is 1. The molecule has 0 atom stereocenters. The average Bonchev–Trinajstić information content (AvgIpc) is 2.98. The molecule has 0 spiro atoms. The van der Waals surface area contributed by atoms with E-state index in [1.165, 1.54) is 11.3 Å². The molecule has 0 aliphatic heterocycles. The molecule has 0 aliphatic rings. The molecule has 7 heteroatoms. The number of nitrogens with zero attached hydrogens (tertiary/aromatic N) is 2. The molecule has 0 saturated heterocycles. The molecule has 0 aromatic carbocycles. The number of hydrogen-bond donors (Lipinski definition) is 2. The summed E-state index contributed by atoms with van der Waals surface area (Å²) in [6.45, 7) is 6.36.